The topological polar surface area (TPSA) is 85.4 Å². The average Bonchev–Trinajstić information content (AvgIpc) is 2.97. The van der Waals surface area contributed by atoms with Crippen molar-refractivity contribution in [3.05, 3.63) is 29.6 Å². The third-order valence-corrected chi connectivity index (χ3v) is 2.91. The summed E-state index contributed by atoms with van der Waals surface area (Å²) in [7, 11) is 0. The Balaban J connectivity index is 1.91. The molecule has 0 amide bonds. The molecule has 0 aliphatic heterocycles. The maximum Gasteiger partial charge on any atom is 0.184 e. The van der Waals surface area contributed by atoms with Crippen molar-refractivity contribution < 1.29 is 4.74 Å². The van der Waals surface area contributed by atoms with Gasteiger partial charge in [-0.15, -0.1) is 5.10 Å². The Morgan fingerprint density at radius 3 is 2.80 bits per heavy atom. The normalized spacial score (nSPS) is 11.2. The highest BCUT2D eigenvalue weighted by Gasteiger charge is 2.02. The SMILES string of the molecule is CC(COc1ccc(-c2csnn2)cc1)=NNC(N)=S. The van der Waals surface area contributed by atoms with Crippen molar-refractivity contribution in [1.29, 1.82) is 0 Å². The van der Waals surface area contributed by atoms with Gasteiger partial charge in [-0.25, -0.2) is 0 Å². The molecule has 0 atom stereocenters. The van der Waals surface area contributed by atoms with Gasteiger partial charge in [-0.05, 0) is 54.9 Å². The molecule has 2 rings (SSSR count). The molecule has 2 aromatic rings. The van der Waals surface area contributed by atoms with E-state index in [-0.39, 0.29) is 5.11 Å². The van der Waals surface area contributed by atoms with E-state index < -0.39 is 0 Å². The summed E-state index contributed by atoms with van der Waals surface area (Å²) >= 11 is 5.98. The van der Waals surface area contributed by atoms with Crippen LogP contribution in [0.3, 0.4) is 0 Å². The Morgan fingerprint density at radius 1 is 1.45 bits per heavy atom. The number of aromatic nitrogens is 2. The fourth-order valence-corrected chi connectivity index (χ4v) is 1.89. The van der Waals surface area contributed by atoms with Crippen LogP contribution in [0, 0.1) is 0 Å². The van der Waals surface area contributed by atoms with Gasteiger partial charge in [0.25, 0.3) is 0 Å². The predicted molar refractivity (Wildman–Crippen MR) is 83.9 cm³/mol. The Morgan fingerprint density at radius 2 is 2.20 bits per heavy atom. The number of hydrogen-bond acceptors (Lipinski definition) is 6. The van der Waals surface area contributed by atoms with Gasteiger partial charge in [0.1, 0.15) is 18.1 Å². The van der Waals surface area contributed by atoms with Crippen LogP contribution >= 0.6 is 23.8 Å². The molecule has 0 saturated heterocycles. The largest absolute Gasteiger partial charge is 0.488 e. The minimum absolute atomic E-state index is 0.130. The Bertz CT molecular complexity index is 595. The van der Waals surface area contributed by atoms with Crippen LogP contribution in [0.2, 0.25) is 0 Å². The lowest BCUT2D eigenvalue weighted by molar-refractivity contribution is 0.375. The Labute approximate surface area is 125 Å². The molecule has 1 aromatic heterocycles. The van der Waals surface area contributed by atoms with E-state index in [2.05, 4.69) is 32.3 Å². The summed E-state index contributed by atoms with van der Waals surface area (Å²) in [5, 5.41) is 9.99. The molecular formula is C12H13N5OS2. The molecule has 0 radical (unpaired) electrons. The first-order valence-corrected chi connectivity index (χ1v) is 6.98. The highest BCUT2D eigenvalue weighted by molar-refractivity contribution is 7.80. The molecule has 0 saturated carbocycles. The Hall–Kier alpha value is -2.06. The van der Waals surface area contributed by atoms with Gasteiger partial charge in [-0.3, -0.25) is 5.43 Å². The molecule has 1 aromatic carbocycles. The fourth-order valence-electron chi connectivity index (χ4n) is 1.38. The zero-order chi connectivity index (χ0) is 14.4. The van der Waals surface area contributed by atoms with E-state index in [1.165, 1.54) is 11.5 Å². The van der Waals surface area contributed by atoms with Crippen molar-refractivity contribution >= 4 is 34.6 Å². The van der Waals surface area contributed by atoms with Gasteiger partial charge < -0.3 is 10.5 Å². The van der Waals surface area contributed by atoms with Crippen LogP contribution in [-0.2, 0) is 0 Å². The first kappa shape index (κ1) is 14.4. The van der Waals surface area contributed by atoms with Crippen LogP contribution in [0.5, 0.6) is 5.75 Å². The molecule has 6 nitrogen and oxygen atoms in total. The Kier molecular flexibility index (Phi) is 4.97. The number of nitrogens with one attached hydrogen (secondary N) is 1. The van der Waals surface area contributed by atoms with Crippen LogP contribution < -0.4 is 15.9 Å². The third kappa shape index (κ3) is 4.25. The maximum absolute atomic E-state index is 5.58. The lowest BCUT2D eigenvalue weighted by atomic mass is 10.2. The quantitative estimate of drug-likeness (QED) is 0.498. The van der Waals surface area contributed by atoms with E-state index in [0.717, 1.165) is 22.7 Å². The second-order valence-corrected chi connectivity index (χ2v) is 4.98. The molecule has 0 fully saturated rings. The van der Waals surface area contributed by atoms with Gasteiger partial charge in [-0.2, -0.15) is 5.10 Å². The zero-order valence-electron chi connectivity index (χ0n) is 10.7. The van der Waals surface area contributed by atoms with Crippen molar-refractivity contribution in [2.45, 2.75) is 6.92 Å². The number of nitrogens with two attached hydrogens (primary N) is 1. The highest BCUT2D eigenvalue weighted by Crippen LogP contribution is 2.21. The third-order valence-electron chi connectivity index (χ3n) is 2.31. The molecule has 0 unspecified atom stereocenters. The van der Waals surface area contributed by atoms with Crippen molar-refractivity contribution in [1.82, 2.24) is 15.0 Å². The summed E-state index contributed by atoms with van der Waals surface area (Å²) < 4.78 is 9.42. The second-order valence-electron chi connectivity index (χ2n) is 3.93. The first-order valence-electron chi connectivity index (χ1n) is 5.74. The fraction of sp³-hybridized carbons (Fsp3) is 0.167. The summed E-state index contributed by atoms with van der Waals surface area (Å²) in [6.07, 6.45) is 0. The highest BCUT2D eigenvalue weighted by atomic mass is 32.1. The molecule has 20 heavy (non-hydrogen) atoms. The molecule has 0 aliphatic rings. The average molecular weight is 307 g/mol. The lowest BCUT2D eigenvalue weighted by Crippen LogP contribution is -2.26. The van der Waals surface area contributed by atoms with E-state index >= 15 is 0 Å². The second kappa shape index (κ2) is 6.92. The van der Waals surface area contributed by atoms with Crippen LogP contribution in [0.4, 0.5) is 0 Å². The van der Waals surface area contributed by atoms with Gasteiger partial charge in [0.15, 0.2) is 5.11 Å². The summed E-state index contributed by atoms with van der Waals surface area (Å²) in [6, 6.07) is 7.63. The number of hydrazone groups is 1. The standard InChI is InChI=1S/C12H13N5OS2/c1-8(14-16-12(13)19)6-18-10-4-2-9(3-5-10)11-7-20-17-15-11/h2-5,7H,6H2,1H3,(H3,13,16,19). The van der Waals surface area contributed by atoms with Gasteiger partial charge in [0, 0.05) is 10.9 Å². The number of benzene rings is 1. The van der Waals surface area contributed by atoms with Crippen molar-refractivity contribution in [2.24, 2.45) is 10.8 Å². The molecule has 8 heteroatoms. The molecule has 1 heterocycles. The van der Waals surface area contributed by atoms with E-state index in [1.54, 1.807) is 0 Å². The smallest absolute Gasteiger partial charge is 0.184 e. The number of nitrogens with zero attached hydrogens (tertiary/aromatic N) is 3. The minimum atomic E-state index is 0.130. The molecule has 0 aliphatic carbocycles. The lowest BCUT2D eigenvalue weighted by Gasteiger charge is -2.06. The van der Waals surface area contributed by atoms with Gasteiger partial charge in [-0.1, -0.05) is 4.49 Å². The molecule has 104 valence electrons. The summed E-state index contributed by atoms with van der Waals surface area (Å²) in [6.45, 7) is 2.17. The first-order chi connectivity index (χ1) is 9.65. The van der Waals surface area contributed by atoms with Crippen LogP contribution in [0.15, 0.2) is 34.7 Å². The van der Waals surface area contributed by atoms with Gasteiger partial charge in [0.05, 0.1) is 5.71 Å². The monoisotopic (exact) mass is 307 g/mol. The van der Waals surface area contributed by atoms with Crippen LogP contribution in [0.25, 0.3) is 11.3 Å². The minimum Gasteiger partial charge on any atom is -0.488 e. The summed E-state index contributed by atoms with van der Waals surface area (Å²) in [4.78, 5) is 0. The summed E-state index contributed by atoms with van der Waals surface area (Å²) in [5.74, 6) is 0.752. The number of thiocarbonyl (C=S) groups is 1. The zero-order valence-corrected chi connectivity index (χ0v) is 12.4. The van der Waals surface area contributed by atoms with Crippen LogP contribution in [-0.4, -0.2) is 27.0 Å². The van der Waals surface area contributed by atoms with E-state index in [0.29, 0.717) is 6.61 Å². The molecule has 0 bridgehead atoms. The van der Waals surface area contributed by atoms with Gasteiger partial charge >= 0.3 is 0 Å². The molecule has 0 spiro atoms. The van der Waals surface area contributed by atoms with Crippen molar-refractivity contribution in [3.63, 3.8) is 0 Å². The van der Waals surface area contributed by atoms with Crippen molar-refractivity contribution in [2.75, 3.05) is 6.61 Å². The maximum atomic E-state index is 5.58. The number of rotatable bonds is 5. The number of ether oxygens (including phenoxy) is 1. The predicted octanol–water partition coefficient (Wildman–Crippen LogP) is 1.79. The molecular weight excluding hydrogens is 294 g/mol. The van der Waals surface area contributed by atoms with Crippen LogP contribution in [0.1, 0.15) is 6.92 Å². The van der Waals surface area contributed by atoms with Gasteiger partial charge in [0.2, 0.25) is 0 Å². The van der Waals surface area contributed by atoms with Crippen molar-refractivity contribution in [3.8, 4) is 17.0 Å². The summed E-state index contributed by atoms with van der Waals surface area (Å²) in [5.41, 5.74) is 10.4. The number of hydrogen-bond donors (Lipinski definition) is 2. The molecule has 3 N–H and O–H groups in total. The van der Waals surface area contributed by atoms with E-state index in [1.807, 2.05) is 36.6 Å². The van der Waals surface area contributed by atoms with E-state index in [4.69, 9.17) is 10.5 Å². The van der Waals surface area contributed by atoms with E-state index in [9.17, 15) is 0 Å².